The number of aromatic nitrogens is 2. The van der Waals surface area contributed by atoms with Crippen molar-refractivity contribution in [2.75, 3.05) is 6.61 Å². The predicted octanol–water partition coefficient (Wildman–Crippen LogP) is 2.60. The van der Waals surface area contributed by atoms with Gasteiger partial charge in [-0.05, 0) is 36.6 Å². The van der Waals surface area contributed by atoms with Gasteiger partial charge in [-0.3, -0.25) is 4.79 Å². The van der Waals surface area contributed by atoms with Crippen LogP contribution in [0.5, 0.6) is 5.75 Å². The average Bonchev–Trinajstić information content (AvgIpc) is 2.51. The fraction of sp³-hybridized carbons (Fsp3) is 0.353. The smallest absolute Gasteiger partial charge is 0.258 e. The van der Waals surface area contributed by atoms with Crippen LogP contribution in [0.3, 0.4) is 0 Å². The highest BCUT2D eigenvalue weighted by Crippen LogP contribution is 2.18. The lowest BCUT2D eigenvalue weighted by Crippen LogP contribution is -2.28. The molecular formula is C17H21N3O2. The fourth-order valence-corrected chi connectivity index (χ4v) is 1.94. The van der Waals surface area contributed by atoms with E-state index in [-0.39, 0.29) is 12.5 Å². The average molecular weight is 299 g/mol. The Morgan fingerprint density at radius 1 is 1.23 bits per heavy atom. The number of carbonyl (C=O) groups is 1. The van der Waals surface area contributed by atoms with E-state index >= 15 is 0 Å². The van der Waals surface area contributed by atoms with Gasteiger partial charge in [-0.1, -0.05) is 26.0 Å². The lowest BCUT2D eigenvalue weighted by Gasteiger charge is -2.09. The van der Waals surface area contributed by atoms with Gasteiger partial charge < -0.3 is 10.1 Å². The molecule has 0 atom stereocenters. The number of carbonyl (C=O) groups excluding carboxylic acids is 1. The number of rotatable bonds is 6. The quantitative estimate of drug-likeness (QED) is 0.890. The minimum Gasteiger partial charge on any atom is -0.484 e. The second kappa shape index (κ2) is 7.54. The molecule has 1 aromatic heterocycles. The normalized spacial score (nSPS) is 10.5. The number of hydrogen-bond donors (Lipinski definition) is 1. The molecule has 1 N–H and O–H groups in total. The van der Waals surface area contributed by atoms with Crippen molar-refractivity contribution in [2.45, 2.75) is 33.2 Å². The third kappa shape index (κ3) is 4.84. The maximum Gasteiger partial charge on any atom is 0.258 e. The molecule has 0 aliphatic rings. The second-order valence-corrected chi connectivity index (χ2v) is 5.44. The van der Waals surface area contributed by atoms with Crippen LogP contribution in [0.2, 0.25) is 0 Å². The number of nitrogens with zero attached hydrogens (tertiary/aromatic N) is 2. The maximum absolute atomic E-state index is 11.8. The van der Waals surface area contributed by atoms with Crippen molar-refractivity contribution in [1.82, 2.24) is 15.3 Å². The Morgan fingerprint density at radius 2 is 1.95 bits per heavy atom. The standard InChI is InChI=1S/C17H21N3O2/c1-12(2)14-4-6-16(7-5-14)22-10-17(21)18-9-15-8-13(3)19-11-20-15/h4-8,11-12H,9-10H2,1-3H3,(H,18,21). The van der Waals surface area contributed by atoms with Crippen molar-refractivity contribution in [1.29, 1.82) is 0 Å². The molecule has 2 rings (SSSR count). The molecule has 0 saturated carbocycles. The van der Waals surface area contributed by atoms with E-state index in [0.29, 0.717) is 18.2 Å². The molecule has 0 bridgehead atoms. The monoisotopic (exact) mass is 299 g/mol. The first-order valence-corrected chi connectivity index (χ1v) is 7.31. The number of aryl methyl sites for hydroxylation is 1. The molecule has 1 heterocycles. The van der Waals surface area contributed by atoms with Gasteiger partial charge in [0.1, 0.15) is 12.1 Å². The molecule has 0 radical (unpaired) electrons. The zero-order valence-electron chi connectivity index (χ0n) is 13.2. The molecule has 0 unspecified atom stereocenters. The Bertz CT molecular complexity index is 624. The minimum atomic E-state index is -0.177. The van der Waals surface area contributed by atoms with Crippen molar-refractivity contribution in [3.05, 3.63) is 53.6 Å². The van der Waals surface area contributed by atoms with Gasteiger partial charge >= 0.3 is 0 Å². The van der Waals surface area contributed by atoms with Gasteiger partial charge in [-0.2, -0.15) is 0 Å². The Morgan fingerprint density at radius 3 is 2.59 bits per heavy atom. The van der Waals surface area contributed by atoms with E-state index in [2.05, 4.69) is 29.1 Å². The summed E-state index contributed by atoms with van der Waals surface area (Å²) in [4.78, 5) is 19.9. The van der Waals surface area contributed by atoms with Gasteiger partial charge in [0, 0.05) is 5.69 Å². The van der Waals surface area contributed by atoms with Crippen LogP contribution >= 0.6 is 0 Å². The molecule has 116 valence electrons. The summed E-state index contributed by atoms with van der Waals surface area (Å²) < 4.78 is 5.47. The van der Waals surface area contributed by atoms with Gasteiger partial charge in [-0.25, -0.2) is 9.97 Å². The third-order valence-corrected chi connectivity index (χ3v) is 3.24. The van der Waals surface area contributed by atoms with Crippen molar-refractivity contribution >= 4 is 5.91 Å². The van der Waals surface area contributed by atoms with Gasteiger partial charge in [0.05, 0.1) is 12.2 Å². The van der Waals surface area contributed by atoms with Crippen LogP contribution in [0, 0.1) is 6.92 Å². The maximum atomic E-state index is 11.8. The summed E-state index contributed by atoms with van der Waals surface area (Å²) in [6.07, 6.45) is 1.49. The van der Waals surface area contributed by atoms with E-state index in [1.165, 1.54) is 11.9 Å². The lowest BCUT2D eigenvalue weighted by molar-refractivity contribution is -0.123. The van der Waals surface area contributed by atoms with Crippen LogP contribution in [-0.2, 0) is 11.3 Å². The molecule has 0 saturated heterocycles. The van der Waals surface area contributed by atoms with Gasteiger partial charge in [0.2, 0.25) is 0 Å². The zero-order chi connectivity index (χ0) is 15.9. The number of benzene rings is 1. The molecule has 0 aliphatic carbocycles. The Hall–Kier alpha value is -2.43. The summed E-state index contributed by atoms with van der Waals surface area (Å²) in [5.74, 6) is 0.996. The zero-order valence-corrected chi connectivity index (χ0v) is 13.2. The summed E-state index contributed by atoms with van der Waals surface area (Å²) in [7, 11) is 0. The van der Waals surface area contributed by atoms with E-state index in [0.717, 1.165) is 11.4 Å². The van der Waals surface area contributed by atoms with E-state index in [9.17, 15) is 4.79 Å². The van der Waals surface area contributed by atoms with Crippen LogP contribution in [0.4, 0.5) is 0 Å². The molecule has 0 spiro atoms. The highest BCUT2D eigenvalue weighted by molar-refractivity contribution is 5.77. The number of amides is 1. The number of hydrogen-bond acceptors (Lipinski definition) is 4. The van der Waals surface area contributed by atoms with E-state index in [1.807, 2.05) is 37.3 Å². The van der Waals surface area contributed by atoms with Crippen molar-refractivity contribution < 1.29 is 9.53 Å². The third-order valence-electron chi connectivity index (χ3n) is 3.24. The van der Waals surface area contributed by atoms with E-state index in [4.69, 9.17) is 4.74 Å². The van der Waals surface area contributed by atoms with Crippen LogP contribution in [0.1, 0.15) is 36.7 Å². The highest BCUT2D eigenvalue weighted by Gasteiger charge is 2.05. The Labute approximate surface area is 130 Å². The SMILES string of the molecule is Cc1cc(CNC(=O)COc2ccc(C(C)C)cc2)ncn1. The first-order valence-electron chi connectivity index (χ1n) is 7.31. The fourth-order valence-electron chi connectivity index (χ4n) is 1.94. The van der Waals surface area contributed by atoms with Crippen LogP contribution in [0.25, 0.3) is 0 Å². The molecule has 0 fully saturated rings. The molecule has 2 aromatic rings. The van der Waals surface area contributed by atoms with Gasteiger partial charge in [0.15, 0.2) is 6.61 Å². The molecular weight excluding hydrogens is 278 g/mol. The van der Waals surface area contributed by atoms with Crippen molar-refractivity contribution in [3.63, 3.8) is 0 Å². The molecule has 5 nitrogen and oxygen atoms in total. The van der Waals surface area contributed by atoms with Crippen LogP contribution < -0.4 is 10.1 Å². The summed E-state index contributed by atoms with van der Waals surface area (Å²) >= 11 is 0. The van der Waals surface area contributed by atoms with Gasteiger partial charge in [-0.15, -0.1) is 0 Å². The second-order valence-electron chi connectivity index (χ2n) is 5.44. The predicted molar refractivity (Wildman–Crippen MR) is 84.6 cm³/mol. The first-order chi connectivity index (χ1) is 10.5. The lowest BCUT2D eigenvalue weighted by atomic mass is 10.0. The van der Waals surface area contributed by atoms with E-state index < -0.39 is 0 Å². The summed E-state index contributed by atoms with van der Waals surface area (Å²) in [6, 6.07) is 9.64. The van der Waals surface area contributed by atoms with Gasteiger partial charge in [0.25, 0.3) is 5.91 Å². The summed E-state index contributed by atoms with van der Waals surface area (Å²) in [5, 5.41) is 2.77. The Kier molecular flexibility index (Phi) is 5.47. The first kappa shape index (κ1) is 15.9. The largest absolute Gasteiger partial charge is 0.484 e. The highest BCUT2D eigenvalue weighted by atomic mass is 16.5. The molecule has 1 aromatic carbocycles. The number of ether oxygens (including phenoxy) is 1. The summed E-state index contributed by atoms with van der Waals surface area (Å²) in [6.45, 7) is 6.52. The van der Waals surface area contributed by atoms with Crippen molar-refractivity contribution in [3.8, 4) is 5.75 Å². The molecule has 5 heteroatoms. The molecule has 22 heavy (non-hydrogen) atoms. The number of nitrogens with one attached hydrogen (secondary N) is 1. The van der Waals surface area contributed by atoms with E-state index in [1.54, 1.807) is 0 Å². The van der Waals surface area contributed by atoms with Crippen LogP contribution in [0.15, 0.2) is 36.7 Å². The topological polar surface area (TPSA) is 64.1 Å². The van der Waals surface area contributed by atoms with Crippen molar-refractivity contribution in [2.24, 2.45) is 0 Å². The Balaban J connectivity index is 1.77. The molecule has 1 amide bonds. The minimum absolute atomic E-state index is 0.00884. The molecule has 0 aliphatic heterocycles. The summed E-state index contributed by atoms with van der Waals surface area (Å²) in [5.41, 5.74) is 2.90. The van der Waals surface area contributed by atoms with Crippen LogP contribution in [-0.4, -0.2) is 22.5 Å².